The van der Waals surface area contributed by atoms with E-state index in [1.165, 1.54) is 11.8 Å². The number of para-hydroxylation sites is 1. The molecule has 30 heavy (non-hydrogen) atoms. The molecule has 2 aliphatic rings. The summed E-state index contributed by atoms with van der Waals surface area (Å²) in [6.45, 7) is 0. The number of carbonyl (C=O) groups is 2. The van der Waals surface area contributed by atoms with E-state index in [0.717, 1.165) is 49.4 Å². The average Bonchev–Trinajstić information content (AvgIpc) is 3.59. The Morgan fingerprint density at radius 2 is 1.90 bits per heavy atom. The lowest BCUT2D eigenvalue weighted by Gasteiger charge is -2.26. The molecule has 0 radical (unpaired) electrons. The zero-order valence-electron chi connectivity index (χ0n) is 16.9. The number of hydrogen-bond acceptors (Lipinski definition) is 5. The lowest BCUT2D eigenvalue weighted by Crippen LogP contribution is -2.47. The number of aromatic nitrogens is 1. The Morgan fingerprint density at radius 1 is 1.17 bits per heavy atom. The van der Waals surface area contributed by atoms with Gasteiger partial charge in [-0.1, -0.05) is 55.6 Å². The SMILES string of the molecule is N#CC1(NC(=O)CSc2cc(C(=O)NC3CC3)c3ccccc3n2)CCCCCC1. The normalized spacial score (nSPS) is 18.2. The maximum atomic E-state index is 12.7. The number of nitrogens with one attached hydrogen (secondary N) is 2. The first-order chi connectivity index (χ1) is 14.6. The molecule has 2 aliphatic carbocycles. The standard InChI is InChI=1S/C23H26N4O2S/c24-15-23(11-5-1-2-6-12-23)27-20(28)14-30-21-13-18(22(29)25-16-9-10-16)17-7-3-4-8-19(17)26-21/h3-4,7-8,13,16H,1-2,5-6,9-12,14H2,(H,25,29)(H,27,28). The quantitative estimate of drug-likeness (QED) is 0.543. The number of amides is 2. The van der Waals surface area contributed by atoms with Crippen molar-refractivity contribution < 1.29 is 9.59 Å². The van der Waals surface area contributed by atoms with Crippen molar-refractivity contribution >= 4 is 34.5 Å². The third kappa shape index (κ3) is 4.93. The molecule has 156 valence electrons. The number of nitrogens with zero attached hydrogens (tertiary/aromatic N) is 2. The van der Waals surface area contributed by atoms with Crippen LogP contribution in [-0.2, 0) is 4.79 Å². The number of hydrogen-bond donors (Lipinski definition) is 2. The highest BCUT2D eigenvalue weighted by molar-refractivity contribution is 7.99. The van der Waals surface area contributed by atoms with Gasteiger partial charge in [-0.2, -0.15) is 5.26 Å². The van der Waals surface area contributed by atoms with Gasteiger partial charge in [-0.15, -0.1) is 0 Å². The first-order valence-corrected chi connectivity index (χ1v) is 11.6. The molecule has 0 atom stereocenters. The zero-order chi connectivity index (χ0) is 21.0. The van der Waals surface area contributed by atoms with Crippen LogP contribution >= 0.6 is 11.8 Å². The number of benzene rings is 1. The van der Waals surface area contributed by atoms with Gasteiger partial charge in [0.15, 0.2) is 0 Å². The lowest BCUT2D eigenvalue weighted by molar-refractivity contribution is -0.120. The topological polar surface area (TPSA) is 94.9 Å². The molecule has 1 aromatic heterocycles. The number of pyridine rings is 1. The summed E-state index contributed by atoms with van der Waals surface area (Å²) < 4.78 is 0. The van der Waals surface area contributed by atoms with Crippen molar-refractivity contribution in [3.63, 3.8) is 0 Å². The fourth-order valence-electron chi connectivity index (χ4n) is 3.94. The van der Waals surface area contributed by atoms with Crippen LogP contribution < -0.4 is 10.6 Å². The fourth-order valence-corrected chi connectivity index (χ4v) is 4.66. The molecule has 6 nitrogen and oxygen atoms in total. The number of carbonyl (C=O) groups excluding carboxylic acids is 2. The van der Waals surface area contributed by atoms with Crippen LogP contribution in [0.25, 0.3) is 10.9 Å². The van der Waals surface area contributed by atoms with Gasteiger partial charge in [-0.25, -0.2) is 4.98 Å². The third-order valence-electron chi connectivity index (χ3n) is 5.75. The number of fused-ring (bicyclic) bond motifs is 1. The Balaban J connectivity index is 1.47. The van der Waals surface area contributed by atoms with Crippen LogP contribution in [0.1, 0.15) is 61.7 Å². The number of rotatable bonds is 6. The molecule has 2 amide bonds. The molecule has 2 fully saturated rings. The van der Waals surface area contributed by atoms with Gasteiger partial charge < -0.3 is 10.6 Å². The highest BCUT2D eigenvalue weighted by Gasteiger charge is 2.32. The van der Waals surface area contributed by atoms with E-state index in [0.29, 0.717) is 23.4 Å². The van der Waals surface area contributed by atoms with Gasteiger partial charge in [0.2, 0.25) is 5.91 Å². The largest absolute Gasteiger partial charge is 0.349 e. The van der Waals surface area contributed by atoms with Gasteiger partial charge in [-0.05, 0) is 37.8 Å². The van der Waals surface area contributed by atoms with Gasteiger partial charge in [0.1, 0.15) is 5.54 Å². The maximum absolute atomic E-state index is 12.7. The van der Waals surface area contributed by atoms with Crippen molar-refractivity contribution in [1.82, 2.24) is 15.6 Å². The zero-order valence-corrected chi connectivity index (χ0v) is 17.8. The molecular formula is C23H26N4O2S. The van der Waals surface area contributed by atoms with E-state index in [9.17, 15) is 14.9 Å². The molecular weight excluding hydrogens is 396 g/mol. The molecule has 1 aromatic carbocycles. The Labute approximate surface area is 180 Å². The van der Waals surface area contributed by atoms with Crippen LogP contribution in [-0.4, -0.2) is 34.1 Å². The minimum absolute atomic E-state index is 0.0932. The smallest absolute Gasteiger partial charge is 0.252 e. The number of nitriles is 1. The van der Waals surface area contributed by atoms with Gasteiger partial charge in [0.05, 0.1) is 27.9 Å². The van der Waals surface area contributed by atoms with Crippen LogP contribution in [0, 0.1) is 11.3 Å². The van der Waals surface area contributed by atoms with E-state index in [-0.39, 0.29) is 23.6 Å². The van der Waals surface area contributed by atoms with Crippen LogP contribution in [0.2, 0.25) is 0 Å². The summed E-state index contributed by atoms with van der Waals surface area (Å²) in [7, 11) is 0. The maximum Gasteiger partial charge on any atom is 0.252 e. The molecule has 7 heteroatoms. The van der Waals surface area contributed by atoms with E-state index in [1.807, 2.05) is 24.3 Å². The molecule has 2 saturated carbocycles. The summed E-state index contributed by atoms with van der Waals surface area (Å²) in [5, 5.41) is 17.1. The predicted octanol–water partition coefficient (Wildman–Crippen LogP) is 3.95. The monoisotopic (exact) mass is 422 g/mol. The minimum Gasteiger partial charge on any atom is -0.349 e. The molecule has 4 rings (SSSR count). The van der Waals surface area contributed by atoms with E-state index < -0.39 is 5.54 Å². The molecule has 2 N–H and O–H groups in total. The van der Waals surface area contributed by atoms with Crippen LogP contribution in [0.3, 0.4) is 0 Å². The molecule has 0 saturated heterocycles. The molecule has 1 heterocycles. The molecule has 0 spiro atoms. The number of thioether (sulfide) groups is 1. The van der Waals surface area contributed by atoms with Gasteiger partial charge in [0, 0.05) is 11.4 Å². The minimum atomic E-state index is -0.750. The Hall–Kier alpha value is -2.59. The first kappa shape index (κ1) is 20.7. The molecule has 0 unspecified atom stereocenters. The third-order valence-corrected chi connectivity index (χ3v) is 6.66. The second kappa shape index (κ2) is 9.05. The molecule has 0 bridgehead atoms. The highest BCUT2D eigenvalue weighted by atomic mass is 32.2. The fraction of sp³-hybridized carbons (Fsp3) is 0.478. The summed E-state index contributed by atoms with van der Waals surface area (Å²) in [5.74, 6) is -0.0926. The van der Waals surface area contributed by atoms with Gasteiger partial charge >= 0.3 is 0 Å². The van der Waals surface area contributed by atoms with Crippen LogP contribution in [0.4, 0.5) is 0 Å². The summed E-state index contributed by atoms with van der Waals surface area (Å²) >= 11 is 1.30. The average molecular weight is 423 g/mol. The van der Waals surface area contributed by atoms with Gasteiger partial charge in [0.25, 0.3) is 5.91 Å². The van der Waals surface area contributed by atoms with Crippen molar-refractivity contribution in [2.45, 2.75) is 68.0 Å². The van der Waals surface area contributed by atoms with Crippen molar-refractivity contribution in [3.8, 4) is 6.07 Å². The second-order valence-electron chi connectivity index (χ2n) is 8.22. The van der Waals surface area contributed by atoms with E-state index >= 15 is 0 Å². The van der Waals surface area contributed by atoms with Crippen LogP contribution in [0.5, 0.6) is 0 Å². The highest BCUT2D eigenvalue weighted by Crippen LogP contribution is 2.28. The van der Waals surface area contributed by atoms with Crippen molar-refractivity contribution in [2.75, 3.05) is 5.75 Å². The van der Waals surface area contributed by atoms with E-state index in [2.05, 4.69) is 21.7 Å². The summed E-state index contributed by atoms with van der Waals surface area (Å²) in [6, 6.07) is 11.9. The van der Waals surface area contributed by atoms with Gasteiger partial charge in [-0.3, -0.25) is 9.59 Å². The van der Waals surface area contributed by atoms with Crippen molar-refractivity contribution in [3.05, 3.63) is 35.9 Å². The van der Waals surface area contributed by atoms with Crippen molar-refractivity contribution in [1.29, 1.82) is 5.26 Å². The lowest BCUT2D eigenvalue weighted by atomic mass is 9.92. The Morgan fingerprint density at radius 3 is 2.60 bits per heavy atom. The summed E-state index contributed by atoms with van der Waals surface area (Å²) in [5.41, 5.74) is 0.578. The predicted molar refractivity (Wildman–Crippen MR) is 117 cm³/mol. The van der Waals surface area contributed by atoms with E-state index in [4.69, 9.17) is 0 Å². The molecule has 0 aliphatic heterocycles. The second-order valence-corrected chi connectivity index (χ2v) is 9.21. The summed E-state index contributed by atoms with van der Waals surface area (Å²) in [4.78, 5) is 29.9. The van der Waals surface area contributed by atoms with Crippen molar-refractivity contribution in [2.24, 2.45) is 0 Å². The summed E-state index contributed by atoms with van der Waals surface area (Å²) in [6.07, 6.45) is 7.62. The Kier molecular flexibility index (Phi) is 6.24. The van der Waals surface area contributed by atoms with E-state index in [1.54, 1.807) is 6.07 Å². The van der Waals surface area contributed by atoms with Crippen LogP contribution in [0.15, 0.2) is 35.4 Å². The molecule has 2 aromatic rings. The first-order valence-electron chi connectivity index (χ1n) is 10.6. The Bertz CT molecular complexity index is 988.